The van der Waals surface area contributed by atoms with Crippen LogP contribution in [0, 0.1) is 0 Å². The van der Waals surface area contributed by atoms with E-state index in [1.807, 2.05) is 54.6 Å². The number of hydrazone groups is 1. The molecule has 154 valence electrons. The molecule has 0 spiro atoms. The van der Waals surface area contributed by atoms with Crippen LogP contribution in [0.5, 0.6) is 0 Å². The van der Waals surface area contributed by atoms with Gasteiger partial charge < -0.3 is 9.32 Å². The topological polar surface area (TPSA) is 57.8 Å². The first kappa shape index (κ1) is 20.3. The van der Waals surface area contributed by atoms with Crippen LogP contribution in [0.3, 0.4) is 0 Å². The minimum atomic E-state index is -0.240. The molecule has 0 atom stereocenters. The molecule has 4 rings (SSSR count). The third-order valence-corrected chi connectivity index (χ3v) is 6.09. The monoisotopic (exact) mass is 419 g/mol. The van der Waals surface area contributed by atoms with Crippen LogP contribution in [0.25, 0.3) is 0 Å². The maximum atomic E-state index is 12.3. The molecule has 30 heavy (non-hydrogen) atoms. The maximum Gasteiger partial charge on any atom is 0.271 e. The quantitative estimate of drug-likeness (QED) is 0.320. The molecule has 0 radical (unpaired) electrons. The molecule has 1 saturated heterocycles. The molecular weight excluding hydrogens is 394 g/mol. The summed E-state index contributed by atoms with van der Waals surface area (Å²) in [4.78, 5) is 15.8. The molecule has 1 aliphatic rings. The van der Waals surface area contributed by atoms with Crippen molar-refractivity contribution >= 4 is 29.8 Å². The van der Waals surface area contributed by atoms with Crippen molar-refractivity contribution in [2.45, 2.75) is 29.9 Å². The molecule has 2 heterocycles. The summed E-state index contributed by atoms with van der Waals surface area (Å²) in [6.45, 7) is 2.06. The maximum absolute atomic E-state index is 12.3. The number of amides is 1. The van der Waals surface area contributed by atoms with E-state index in [0.29, 0.717) is 11.3 Å². The number of thioether (sulfide) groups is 1. The van der Waals surface area contributed by atoms with E-state index >= 15 is 0 Å². The Morgan fingerprint density at radius 1 is 1.00 bits per heavy atom. The number of furan rings is 1. The minimum Gasteiger partial charge on any atom is -0.440 e. The van der Waals surface area contributed by atoms with Crippen LogP contribution in [0.15, 0.2) is 81.1 Å². The summed E-state index contributed by atoms with van der Waals surface area (Å²) >= 11 is 1.77. The van der Waals surface area contributed by atoms with Gasteiger partial charge in [0.1, 0.15) is 5.76 Å². The van der Waals surface area contributed by atoms with E-state index in [4.69, 9.17) is 4.42 Å². The zero-order valence-electron chi connectivity index (χ0n) is 16.8. The van der Waals surface area contributed by atoms with Crippen molar-refractivity contribution in [3.63, 3.8) is 0 Å². The van der Waals surface area contributed by atoms with E-state index in [9.17, 15) is 4.79 Å². The highest BCUT2D eigenvalue weighted by molar-refractivity contribution is 7.98. The smallest absolute Gasteiger partial charge is 0.271 e. The minimum absolute atomic E-state index is 0.240. The molecule has 3 aromatic rings. The summed E-state index contributed by atoms with van der Waals surface area (Å²) in [6.07, 6.45) is 5.22. The van der Waals surface area contributed by atoms with Crippen LogP contribution in [-0.2, 0) is 5.75 Å². The van der Waals surface area contributed by atoms with Crippen LogP contribution < -0.4 is 10.3 Å². The predicted molar refractivity (Wildman–Crippen MR) is 122 cm³/mol. The highest BCUT2D eigenvalue weighted by Gasteiger charge is 2.13. The number of nitrogens with zero attached hydrogens (tertiary/aromatic N) is 2. The molecule has 0 unspecified atom stereocenters. The van der Waals surface area contributed by atoms with Crippen molar-refractivity contribution in [3.8, 4) is 0 Å². The summed E-state index contributed by atoms with van der Waals surface area (Å²) in [7, 11) is 0. The number of hydrogen-bond donors (Lipinski definition) is 1. The molecular formula is C24H25N3O2S. The fourth-order valence-corrected chi connectivity index (χ4v) is 4.23. The third-order valence-electron chi connectivity index (χ3n) is 5.00. The summed E-state index contributed by atoms with van der Waals surface area (Å²) < 4.78 is 5.81. The first-order chi connectivity index (χ1) is 14.8. The van der Waals surface area contributed by atoms with Gasteiger partial charge in [0.2, 0.25) is 0 Å². The molecule has 5 nitrogen and oxygen atoms in total. The van der Waals surface area contributed by atoms with E-state index in [-0.39, 0.29) is 5.91 Å². The van der Waals surface area contributed by atoms with Gasteiger partial charge in [0, 0.05) is 35.4 Å². The number of carbonyl (C=O) groups excluding carboxylic acids is 1. The average molecular weight is 420 g/mol. The SMILES string of the molecule is O=C(N/N=C\c1ccc(N2CCCCC2)o1)c1ccc(CSc2ccccc2)cc1. The fraction of sp³-hybridized carbons (Fsp3) is 0.250. The molecule has 1 N–H and O–H groups in total. The Morgan fingerprint density at radius 2 is 1.77 bits per heavy atom. The normalized spacial score (nSPS) is 14.2. The van der Waals surface area contributed by atoms with Gasteiger partial charge in [-0.3, -0.25) is 4.79 Å². The van der Waals surface area contributed by atoms with Crippen LogP contribution in [0.1, 0.15) is 40.9 Å². The predicted octanol–water partition coefficient (Wildman–Crippen LogP) is 5.33. The van der Waals surface area contributed by atoms with Gasteiger partial charge in [0.25, 0.3) is 5.91 Å². The van der Waals surface area contributed by atoms with Crippen LogP contribution in [0.4, 0.5) is 5.88 Å². The molecule has 0 bridgehead atoms. The highest BCUT2D eigenvalue weighted by Crippen LogP contribution is 2.23. The number of hydrogen-bond acceptors (Lipinski definition) is 5. The Labute approximate surface area is 181 Å². The van der Waals surface area contributed by atoms with Crippen LogP contribution >= 0.6 is 11.8 Å². The Morgan fingerprint density at radius 3 is 2.53 bits per heavy atom. The standard InChI is InChI=1S/C24H25N3O2S/c28-24(20-11-9-19(10-12-20)18-30-22-7-3-1-4-8-22)26-25-17-21-13-14-23(29-21)27-15-5-2-6-16-27/h1,3-4,7-14,17H,2,5-6,15-16,18H2,(H,26,28)/b25-17-. The fourth-order valence-electron chi connectivity index (χ4n) is 3.35. The lowest BCUT2D eigenvalue weighted by Crippen LogP contribution is -2.28. The molecule has 0 saturated carbocycles. The van der Waals surface area contributed by atoms with Crippen molar-refractivity contribution in [3.05, 3.63) is 83.6 Å². The number of piperidine rings is 1. The largest absolute Gasteiger partial charge is 0.440 e. The second kappa shape index (κ2) is 10.2. The van der Waals surface area contributed by atoms with Gasteiger partial charge in [0.15, 0.2) is 5.88 Å². The summed E-state index contributed by atoms with van der Waals surface area (Å²) in [5, 5.41) is 4.03. The second-order valence-electron chi connectivity index (χ2n) is 7.22. The number of anilines is 1. The van der Waals surface area contributed by atoms with E-state index in [1.165, 1.54) is 35.9 Å². The molecule has 0 aliphatic carbocycles. The van der Waals surface area contributed by atoms with Gasteiger partial charge in [-0.2, -0.15) is 5.10 Å². The molecule has 1 amide bonds. The summed E-state index contributed by atoms with van der Waals surface area (Å²) in [6, 6.07) is 21.7. The Balaban J connectivity index is 1.27. The molecule has 1 fully saturated rings. The van der Waals surface area contributed by atoms with Gasteiger partial charge in [-0.05, 0) is 55.2 Å². The molecule has 6 heteroatoms. The lowest BCUT2D eigenvalue weighted by molar-refractivity contribution is 0.0955. The lowest BCUT2D eigenvalue weighted by Gasteiger charge is -2.25. The third kappa shape index (κ3) is 5.54. The first-order valence-corrected chi connectivity index (χ1v) is 11.2. The van der Waals surface area contributed by atoms with Crippen molar-refractivity contribution in [1.82, 2.24) is 5.43 Å². The van der Waals surface area contributed by atoms with Gasteiger partial charge in [0.05, 0.1) is 6.21 Å². The van der Waals surface area contributed by atoms with Gasteiger partial charge in [-0.25, -0.2) is 5.43 Å². The molecule has 1 aromatic heterocycles. The Hall–Kier alpha value is -2.99. The zero-order valence-corrected chi connectivity index (χ0v) is 17.6. The van der Waals surface area contributed by atoms with Crippen molar-refractivity contribution in [1.29, 1.82) is 0 Å². The van der Waals surface area contributed by atoms with Crippen molar-refractivity contribution in [2.24, 2.45) is 5.10 Å². The number of benzene rings is 2. The number of nitrogens with one attached hydrogen (secondary N) is 1. The Bertz CT molecular complexity index is 977. The second-order valence-corrected chi connectivity index (χ2v) is 8.27. The summed E-state index contributed by atoms with van der Waals surface area (Å²) in [5.41, 5.74) is 4.31. The molecule has 1 aliphatic heterocycles. The van der Waals surface area contributed by atoms with Crippen LogP contribution in [0.2, 0.25) is 0 Å². The highest BCUT2D eigenvalue weighted by atomic mass is 32.2. The van der Waals surface area contributed by atoms with Crippen molar-refractivity contribution in [2.75, 3.05) is 18.0 Å². The Kier molecular flexibility index (Phi) is 6.87. The van der Waals surface area contributed by atoms with Crippen LogP contribution in [-0.4, -0.2) is 25.2 Å². The zero-order chi connectivity index (χ0) is 20.6. The molecule has 2 aromatic carbocycles. The first-order valence-electron chi connectivity index (χ1n) is 10.2. The number of rotatable bonds is 7. The lowest BCUT2D eigenvalue weighted by atomic mass is 10.1. The van der Waals surface area contributed by atoms with E-state index in [2.05, 4.69) is 27.6 Å². The van der Waals surface area contributed by atoms with Gasteiger partial charge >= 0.3 is 0 Å². The summed E-state index contributed by atoms with van der Waals surface area (Å²) in [5.74, 6) is 2.12. The van der Waals surface area contributed by atoms with E-state index < -0.39 is 0 Å². The van der Waals surface area contributed by atoms with E-state index in [1.54, 1.807) is 11.8 Å². The van der Waals surface area contributed by atoms with E-state index in [0.717, 1.165) is 24.7 Å². The number of carbonyl (C=O) groups is 1. The average Bonchev–Trinajstić information content (AvgIpc) is 3.28. The van der Waals surface area contributed by atoms with Gasteiger partial charge in [-0.1, -0.05) is 30.3 Å². The van der Waals surface area contributed by atoms with Gasteiger partial charge in [-0.15, -0.1) is 11.8 Å². The van der Waals surface area contributed by atoms with Crippen molar-refractivity contribution < 1.29 is 9.21 Å².